The number of aromatic nitrogens is 2. The zero-order valence-corrected chi connectivity index (χ0v) is 15.0. The van der Waals surface area contributed by atoms with Crippen molar-refractivity contribution in [3.8, 4) is 11.3 Å². The molecule has 25 heavy (non-hydrogen) atoms. The highest BCUT2D eigenvalue weighted by atomic mass is 35.5. The Morgan fingerprint density at radius 2 is 1.80 bits per heavy atom. The van der Waals surface area contributed by atoms with Gasteiger partial charge in [-0.1, -0.05) is 48.0 Å². The van der Waals surface area contributed by atoms with Crippen LogP contribution in [0.4, 0.5) is 5.82 Å². The molecular formula is C20H21ClN4. The quantitative estimate of drug-likeness (QED) is 0.755. The van der Waals surface area contributed by atoms with E-state index in [2.05, 4.69) is 39.6 Å². The molecule has 1 N–H and O–H groups in total. The van der Waals surface area contributed by atoms with E-state index in [0.717, 1.165) is 39.4 Å². The van der Waals surface area contributed by atoms with E-state index in [1.807, 2.05) is 36.4 Å². The average Bonchev–Trinajstić information content (AvgIpc) is 2.63. The molecule has 0 saturated carbocycles. The lowest BCUT2D eigenvalue weighted by Crippen LogP contribution is -2.40. The van der Waals surface area contributed by atoms with Crippen LogP contribution in [0.1, 0.15) is 12.8 Å². The van der Waals surface area contributed by atoms with Crippen molar-refractivity contribution < 1.29 is 0 Å². The third-order valence-electron chi connectivity index (χ3n) is 4.77. The lowest BCUT2D eigenvalue weighted by Gasteiger charge is -2.30. The van der Waals surface area contributed by atoms with E-state index in [1.54, 1.807) is 0 Å². The fourth-order valence-electron chi connectivity index (χ4n) is 3.51. The van der Waals surface area contributed by atoms with Crippen LogP contribution in [0.25, 0.3) is 22.0 Å². The van der Waals surface area contributed by atoms with Gasteiger partial charge in [0, 0.05) is 33.9 Å². The van der Waals surface area contributed by atoms with Crippen molar-refractivity contribution in [3.63, 3.8) is 0 Å². The zero-order valence-electron chi connectivity index (χ0n) is 14.2. The number of hydrogen-bond acceptors (Lipinski definition) is 4. The van der Waals surface area contributed by atoms with Crippen LogP contribution in [0, 0.1) is 0 Å². The normalized spacial score (nSPS) is 18.4. The second-order valence-electron chi connectivity index (χ2n) is 6.70. The number of likely N-dealkylation sites (tertiary alicyclic amines) is 1. The second kappa shape index (κ2) is 6.98. The number of nitrogens with zero attached hydrogens (tertiary/aromatic N) is 3. The van der Waals surface area contributed by atoms with Crippen molar-refractivity contribution >= 4 is 28.2 Å². The Labute approximate surface area is 152 Å². The predicted molar refractivity (Wildman–Crippen MR) is 104 cm³/mol. The van der Waals surface area contributed by atoms with Crippen molar-refractivity contribution in [3.05, 3.63) is 53.6 Å². The van der Waals surface area contributed by atoms with Gasteiger partial charge in [-0.15, -0.1) is 10.2 Å². The lowest BCUT2D eigenvalue weighted by molar-refractivity contribution is 0.261. The number of anilines is 1. The molecule has 2 heterocycles. The van der Waals surface area contributed by atoms with Gasteiger partial charge in [0.15, 0.2) is 5.82 Å². The van der Waals surface area contributed by atoms with Crippen LogP contribution in [-0.2, 0) is 0 Å². The van der Waals surface area contributed by atoms with Gasteiger partial charge < -0.3 is 10.2 Å². The Hall–Kier alpha value is -2.17. The first-order valence-corrected chi connectivity index (χ1v) is 9.05. The molecule has 1 saturated heterocycles. The fourth-order valence-corrected chi connectivity index (χ4v) is 3.64. The van der Waals surface area contributed by atoms with Gasteiger partial charge in [-0.25, -0.2) is 0 Å². The Morgan fingerprint density at radius 3 is 2.56 bits per heavy atom. The van der Waals surface area contributed by atoms with Crippen LogP contribution in [-0.4, -0.2) is 41.3 Å². The molecule has 4 nitrogen and oxygen atoms in total. The van der Waals surface area contributed by atoms with Crippen LogP contribution in [0.2, 0.25) is 5.02 Å². The molecule has 1 aliphatic heterocycles. The third-order valence-corrected chi connectivity index (χ3v) is 5.02. The largest absolute Gasteiger partial charge is 0.364 e. The number of hydrogen-bond donors (Lipinski definition) is 1. The minimum Gasteiger partial charge on any atom is -0.364 e. The van der Waals surface area contributed by atoms with Gasteiger partial charge in [0.05, 0.1) is 0 Å². The van der Waals surface area contributed by atoms with Gasteiger partial charge >= 0.3 is 0 Å². The van der Waals surface area contributed by atoms with Crippen LogP contribution in [0.5, 0.6) is 0 Å². The Bertz CT molecular complexity index is 879. The summed E-state index contributed by atoms with van der Waals surface area (Å²) >= 11 is 6.01. The van der Waals surface area contributed by atoms with E-state index in [0.29, 0.717) is 6.04 Å². The molecule has 0 radical (unpaired) electrons. The molecule has 0 spiro atoms. The molecular weight excluding hydrogens is 332 g/mol. The summed E-state index contributed by atoms with van der Waals surface area (Å²) in [6.07, 6.45) is 2.38. The molecule has 0 aliphatic carbocycles. The summed E-state index contributed by atoms with van der Waals surface area (Å²) in [5.74, 6) is 0.869. The van der Waals surface area contributed by atoms with Crippen LogP contribution in [0.3, 0.4) is 0 Å². The molecule has 4 rings (SSSR count). The zero-order chi connectivity index (χ0) is 17.2. The monoisotopic (exact) mass is 352 g/mol. The highest BCUT2D eigenvalue weighted by Crippen LogP contribution is 2.31. The molecule has 1 aromatic heterocycles. The predicted octanol–water partition coefficient (Wildman–Crippen LogP) is 4.46. The van der Waals surface area contributed by atoms with Crippen molar-refractivity contribution in [2.24, 2.45) is 0 Å². The topological polar surface area (TPSA) is 41.0 Å². The van der Waals surface area contributed by atoms with E-state index < -0.39 is 0 Å². The minimum absolute atomic E-state index is 0.415. The average molecular weight is 353 g/mol. The standard InChI is InChI=1S/C20H21ClN4/c1-25-12-4-5-16(13-25)22-20-18-7-3-2-6-17(18)19(23-24-20)14-8-10-15(21)11-9-14/h2-3,6-11,16H,4-5,12-13H2,1H3,(H,22,24)/t16-/m1/s1. The number of halogens is 1. The molecule has 0 amide bonds. The molecule has 0 unspecified atom stereocenters. The van der Waals surface area contributed by atoms with Gasteiger partial charge in [-0.05, 0) is 38.6 Å². The molecule has 2 aromatic carbocycles. The minimum atomic E-state index is 0.415. The molecule has 1 atom stereocenters. The number of rotatable bonds is 3. The van der Waals surface area contributed by atoms with Gasteiger partial charge in [0.25, 0.3) is 0 Å². The van der Waals surface area contributed by atoms with Gasteiger partial charge in [-0.3, -0.25) is 0 Å². The van der Waals surface area contributed by atoms with Crippen molar-refractivity contribution in [2.75, 3.05) is 25.5 Å². The maximum atomic E-state index is 6.01. The summed E-state index contributed by atoms with van der Waals surface area (Å²) in [5.41, 5.74) is 1.91. The summed E-state index contributed by atoms with van der Waals surface area (Å²) in [7, 11) is 2.17. The number of benzene rings is 2. The Kier molecular flexibility index (Phi) is 4.55. The molecule has 5 heteroatoms. The van der Waals surface area contributed by atoms with Crippen molar-refractivity contribution in [1.29, 1.82) is 0 Å². The van der Waals surface area contributed by atoms with E-state index in [-0.39, 0.29) is 0 Å². The maximum Gasteiger partial charge on any atom is 0.156 e. The Balaban J connectivity index is 1.73. The van der Waals surface area contributed by atoms with Gasteiger partial charge in [-0.2, -0.15) is 0 Å². The first-order valence-electron chi connectivity index (χ1n) is 8.67. The number of fused-ring (bicyclic) bond motifs is 1. The number of likely N-dealkylation sites (N-methyl/N-ethyl adjacent to an activating group) is 1. The second-order valence-corrected chi connectivity index (χ2v) is 7.13. The van der Waals surface area contributed by atoms with Crippen LogP contribution < -0.4 is 5.32 Å². The number of piperidine rings is 1. The van der Waals surface area contributed by atoms with E-state index in [9.17, 15) is 0 Å². The number of nitrogens with one attached hydrogen (secondary N) is 1. The fraction of sp³-hybridized carbons (Fsp3) is 0.300. The van der Waals surface area contributed by atoms with Crippen LogP contribution >= 0.6 is 11.6 Å². The first-order chi connectivity index (χ1) is 12.2. The SMILES string of the molecule is CN1CCC[C@@H](Nc2nnc(-c3ccc(Cl)cc3)c3ccccc23)C1. The molecule has 1 fully saturated rings. The summed E-state index contributed by atoms with van der Waals surface area (Å²) in [6, 6.07) is 16.5. The highest BCUT2D eigenvalue weighted by Gasteiger charge is 2.19. The summed E-state index contributed by atoms with van der Waals surface area (Å²) < 4.78 is 0. The highest BCUT2D eigenvalue weighted by molar-refractivity contribution is 6.30. The van der Waals surface area contributed by atoms with Crippen molar-refractivity contribution in [1.82, 2.24) is 15.1 Å². The van der Waals surface area contributed by atoms with E-state index in [1.165, 1.54) is 19.4 Å². The smallest absolute Gasteiger partial charge is 0.156 e. The summed E-state index contributed by atoms with van der Waals surface area (Å²) in [4.78, 5) is 2.36. The van der Waals surface area contributed by atoms with Gasteiger partial charge in [0.1, 0.15) is 5.69 Å². The van der Waals surface area contributed by atoms with Gasteiger partial charge in [0.2, 0.25) is 0 Å². The summed E-state index contributed by atoms with van der Waals surface area (Å²) in [6.45, 7) is 2.20. The Morgan fingerprint density at radius 1 is 1.04 bits per heavy atom. The molecule has 128 valence electrons. The third kappa shape index (κ3) is 3.46. The molecule has 1 aliphatic rings. The molecule has 3 aromatic rings. The first kappa shape index (κ1) is 16.3. The van der Waals surface area contributed by atoms with E-state index in [4.69, 9.17) is 11.6 Å². The van der Waals surface area contributed by atoms with Crippen molar-refractivity contribution in [2.45, 2.75) is 18.9 Å². The summed E-state index contributed by atoms with van der Waals surface area (Å²) in [5, 5.41) is 15.6. The lowest BCUT2D eigenvalue weighted by atomic mass is 10.0. The maximum absolute atomic E-state index is 6.01. The molecule has 0 bridgehead atoms. The van der Waals surface area contributed by atoms with E-state index >= 15 is 0 Å². The van der Waals surface area contributed by atoms with Crippen LogP contribution in [0.15, 0.2) is 48.5 Å².